The van der Waals surface area contributed by atoms with Crippen molar-refractivity contribution >= 4 is 5.95 Å². The first-order chi connectivity index (χ1) is 7.25. The Bertz CT molecular complexity index is 447. The van der Waals surface area contributed by atoms with Gasteiger partial charge in [-0.25, -0.2) is 4.98 Å². The average Bonchev–Trinajstić information content (AvgIpc) is 2.61. The molecule has 0 aromatic carbocycles. The predicted octanol–water partition coefficient (Wildman–Crippen LogP) is 1.74. The predicted molar refractivity (Wildman–Crippen MR) is 59.5 cm³/mol. The summed E-state index contributed by atoms with van der Waals surface area (Å²) >= 11 is 0. The maximum Gasteiger partial charge on any atom is 0.202 e. The van der Waals surface area contributed by atoms with Crippen LogP contribution in [0, 0.1) is 6.92 Å². The Morgan fingerprint density at radius 1 is 1.40 bits per heavy atom. The Morgan fingerprint density at radius 2 is 2.27 bits per heavy atom. The minimum Gasteiger partial charge on any atom is -0.350 e. The molecule has 4 nitrogen and oxygen atoms in total. The van der Waals surface area contributed by atoms with Gasteiger partial charge in [0.15, 0.2) is 0 Å². The van der Waals surface area contributed by atoms with Gasteiger partial charge in [-0.3, -0.25) is 4.98 Å². The van der Waals surface area contributed by atoms with E-state index in [1.807, 2.05) is 42.9 Å². The van der Waals surface area contributed by atoms with Gasteiger partial charge >= 0.3 is 0 Å². The summed E-state index contributed by atoms with van der Waals surface area (Å²) in [5, 5.41) is 3.23. The average molecular weight is 202 g/mol. The van der Waals surface area contributed by atoms with E-state index < -0.39 is 0 Å². The highest BCUT2D eigenvalue weighted by atomic mass is 15.2. The molecule has 0 atom stereocenters. The second-order valence-electron chi connectivity index (χ2n) is 3.49. The second kappa shape index (κ2) is 4.13. The lowest BCUT2D eigenvalue weighted by molar-refractivity contribution is 0.890. The fraction of sp³-hybridized carbons (Fsp3) is 0.273. The number of nitrogens with zero attached hydrogens (tertiary/aromatic N) is 3. The first kappa shape index (κ1) is 9.71. The highest BCUT2D eigenvalue weighted by molar-refractivity contribution is 5.26. The van der Waals surface area contributed by atoms with Crippen molar-refractivity contribution < 1.29 is 0 Å². The third kappa shape index (κ3) is 2.34. The number of anilines is 1. The van der Waals surface area contributed by atoms with Crippen LogP contribution in [0.4, 0.5) is 5.95 Å². The number of rotatable bonds is 3. The molecule has 0 aliphatic rings. The van der Waals surface area contributed by atoms with Crippen molar-refractivity contribution in [3.8, 4) is 0 Å². The van der Waals surface area contributed by atoms with Crippen LogP contribution in [0.2, 0.25) is 0 Å². The number of aromatic nitrogens is 3. The molecular weight excluding hydrogens is 188 g/mol. The fourth-order valence-electron chi connectivity index (χ4n) is 1.40. The minimum atomic E-state index is 0.701. The number of hydrogen-bond donors (Lipinski definition) is 1. The van der Waals surface area contributed by atoms with Gasteiger partial charge in [-0.15, -0.1) is 0 Å². The molecule has 0 amide bonds. The first-order valence-corrected chi connectivity index (χ1v) is 4.89. The Labute approximate surface area is 89.0 Å². The van der Waals surface area contributed by atoms with Crippen LogP contribution in [-0.2, 0) is 13.6 Å². The van der Waals surface area contributed by atoms with E-state index in [1.165, 1.54) is 0 Å². The molecule has 78 valence electrons. The lowest BCUT2D eigenvalue weighted by atomic mass is 10.3. The largest absolute Gasteiger partial charge is 0.350 e. The Kier molecular flexibility index (Phi) is 2.67. The zero-order valence-electron chi connectivity index (χ0n) is 8.94. The van der Waals surface area contributed by atoms with Crippen LogP contribution < -0.4 is 5.32 Å². The van der Waals surface area contributed by atoms with Crippen molar-refractivity contribution in [2.45, 2.75) is 13.5 Å². The summed E-state index contributed by atoms with van der Waals surface area (Å²) in [5.41, 5.74) is 2.06. The maximum absolute atomic E-state index is 4.40. The molecule has 0 saturated carbocycles. The van der Waals surface area contributed by atoms with Gasteiger partial charge in [0.25, 0.3) is 0 Å². The molecule has 0 fully saturated rings. The Balaban J connectivity index is 2.02. The quantitative estimate of drug-likeness (QED) is 0.824. The minimum absolute atomic E-state index is 0.701. The van der Waals surface area contributed by atoms with Gasteiger partial charge in [0.1, 0.15) is 0 Å². The van der Waals surface area contributed by atoms with Gasteiger partial charge in [-0.2, -0.15) is 0 Å². The zero-order chi connectivity index (χ0) is 10.7. The third-order valence-corrected chi connectivity index (χ3v) is 2.19. The molecule has 0 aliphatic heterocycles. The molecule has 0 radical (unpaired) electrons. The topological polar surface area (TPSA) is 42.7 Å². The molecule has 15 heavy (non-hydrogen) atoms. The fourth-order valence-corrected chi connectivity index (χ4v) is 1.40. The molecular formula is C11H14N4. The van der Waals surface area contributed by atoms with Crippen LogP contribution >= 0.6 is 0 Å². The first-order valence-electron chi connectivity index (χ1n) is 4.89. The van der Waals surface area contributed by atoms with Gasteiger partial charge in [-0.1, -0.05) is 6.07 Å². The molecule has 2 aromatic rings. The third-order valence-electron chi connectivity index (χ3n) is 2.19. The van der Waals surface area contributed by atoms with Crippen molar-refractivity contribution in [3.05, 3.63) is 42.0 Å². The summed E-state index contributed by atoms with van der Waals surface area (Å²) in [6.07, 6.45) is 3.68. The molecule has 2 heterocycles. The molecule has 0 unspecified atom stereocenters. The van der Waals surface area contributed by atoms with Crippen LogP contribution in [0.1, 0.15) is 11.4 Å². The Hall–Kier alpha value is -1.84. The Morgan fingerprint density at radius 3 is 2.93 bits per heavy atom. The second-order valence-corrected chi connectivity index (χ2v) is 3.49. The molecule has 2 aromatic heterocycles. The van der Waals surface area contributed by atoms with Gasteiger partial charge in [0.05, 0.1) is 12.2 Å². The van der Waals surface area contributed by atoms with Crippen LogP contribution in [0.5, 0.6) is 0 Å². The van der Waals surface area contributed by atoms with Crippen LogP contribution in [0.3, 0.4) is 0 Å². The van der Waals surface area contributed by atoms with Crippen molar-refractivity contribution in [2.75, 3.05) is 5.32 Å². The summed E-state index contributed by atoms with van der Waals surface area (Å²) in [6, 6.07) is 6.00. The smallest absolute Gasteiger partial charge is 0.202 e. The van der Waals surface area contributed by atoms with Crippen LogP contribution in [0.15, 0.2) is 30.6 Å². The van der Waals surface area contributed by atoms with Gasteiger partial charge < -0.3 is 9.88 Å². The van der Waals surface area contributed by atoms with Crippen molar-refractivity contribution in [3.63, 3.8) is 0 Å². The van der Waals surface area contributed by atoms with E-state index in [9.17, 15) is 0 Å². The van der Waals surface area contributed by atoms with Gasteiger partial charge in [-0.05, 0) is 19.1 Å². The molecule has 0 aliphatic carbocycles. The van der Waals surface area contributed by atoms with Crippen LogP contribution in [0.25, 0.3) is 0 Å². The lowest BCUT2D eigenvalue weighted by Crippen LogP contribution is -2.06. The summed E-state index contributed by atoms with van der Waals surface area (Å²) in [4.78, 5) is 8.58. The van der Waals surface area contributed by atoms with E-state index in [-0.39, 0.29) is 0 Å². The van der Waals surface area contributed by atoms with E-state index in [0.29, 0.717) is 6.54 Å². The number of hydrogen-bond acceptors (Lipinski definition) is 3. The van der Waals surface area contributed by atoms with E-state index in [1.54, 1.807) is 6.20 Å². The highest BCUT2D eigenvalue weighted by Gasteiger charge is 1.99. The molecule has 4 heteroatoms. The number of nitrogens with one attached hydrogen (secondary N) is 1. The molecule has 0 bridgehead atoms. The summed E-state index contributed by atoms with van der Waals surface area (Å²) in [5.74, 6) is 0.860. The number of pyridine rings is 1. The molecule has 1 N–H and O–H groups in total. The van der Waals surface area contributed by atoms with E-state index in [2.05, 4.69) is 15.3 Å². The number of imidazole rings is 1. The highest BCUT2D eigenvalue weighted by Crippen LogP contribution is 2.04. The molecule has 0 saturated heterocycles. The SMILES string of the molecule is Cc1cccc(CNc2nccn2C)n1. The van der Waals surface area contributed by atoms with E-state index >= 15 is 0 Å². The number of aryl methyl sites for hydroxylation is 2. The van der Waals surface area contributed by atoms with Crippen molar-refractivity contribution in [2.24, 2.45) is 7.05 Å². The monoisotopic (exact) mass is 202 g/mol. The van der Waals surface area contributed by atoms with Gasteiger partial charge in [0.2, 0.25) is 5.95 Å². The van der Waals surface area contributed by atoms with Crippen LogP contribution in [-0.4, -0.2) is 14.5 Å². The normalized spacial score (nSPS) is 10.3. The molecule has 2 rings (SSSR count). The molecule has 0 spiro atoms. The van der Waals surface area contributed by atoms with Crippen molar-refractivity contribution in [1.29, 1.82) is 0 Å². The summed E-state index contributed by atoms with van der Waals surface area (Å²) in [6.45, 7) is 2.69. The maximum atomic E-state index is 4.40. The van der Waals surface area contributed by atoms with Crippen molar-refractivity contribution in [1.82, 2.24) is 14.5 Å². The summed E-state index contributed by atoms with van der Waals surface area (Å²) in [7, 11) is 1.96. The zero-order valence-corrected chi connectivity index (χ0v) is 8.94. The van der Waals surface area contributed by atoms with E-state index in [4.69, 9.17) is 0 Å². The lowest BCUT2D eigenvalue weighted by Gasteiger charge is -2.05. The van der Waals surface area contributed by atoms with Gasteiger partial charge in [0, 0.05) is 25.1 Å². The van der Waals surface area contributed by atoms with E-state index in [0.717, 1.165) is 17.3 Å². The standard InChI is InChI=1S/C11H14N4/c1-9-4-3-5-10(14-9)8-13-11-12-6-7-15(11)2/h3-7H,8H2,1-2H3,(H,12,13). The summed E-state index contributed by atoms with van der Waals surface area (Å²) < 4.78 is 1.94.